The number of methoxy groups -OCH3 is 1. The van der Waals surface area contributed by atoms with Crippen LogP contribution in [0.2, 0.25) is 0 Å². The minimum Gasteiger partial charge on any atom is -0.496 e. The first-order chi connectivity index (χ1) is 8.01. The number of ether oxygens (including phenoxy) is 1. The Kier molecular flexibility index (Phi) is 3.04. The SMILES string of the molecule is COc1ccc(CS(N)(=O)=O)c2ccccc12. The molecule has 0 spiro atoms. The first-order valence-electron chi connectivity index (χ1n) is 5.06. The predicted octanol–water partition coefficient (Wildman–Crippen LogP) is 1.64. The van der Waals surface area contributed by atoms with Crippen molar-refractivity contribution in [3.63, 3.8) is 0 Å². The van der Waals surface area contributed by atoms with Crippen molar-refractivity contribution in [2.24, 2.45) is 5.14 Å². The molecule has 0 amide bonds. The summed E-state index contributed by atoms with van der Waals surface area (Å²) in [6.07, 6.45) is 0. The zero-order valence-electron chi connectivity index (χ0n) is 9.38. The third-order valence-corrected chi connectivity index (χ3v) is 3.26. The van der Waals surface area contributed by atoms with E-state index >= 15 is 0 Å². The molecule has 2 rings (SSSR count). The van der Waals surface area contributed by atoms with Crippen molar-refractivity contribution in [2.45, 2.75) is 5.75 Å². The molecular formula is C12H13NO3S. The largest absolute Gasteiger partial charge is 0.496 e. The molecule has 0 saturated carbocycles. The maximum Gasteiger partial charge on any atom is 0.213 e. The molecule has 5 heteroatoms. The van der Waals surface area contributed by atoms with Crippen LogP contribution >= 0.6 is 0 Å². The number of rotatable bonds is 3. The smallest absolute Gasteiger partial charge is 0.213 e. The molecule has 4 nitrogen and oxygen atoms in total. The molecule has 0 saturated heterocycles. The van der Waals surface area contributed by atoms with Crippen molar-refractivity contribution in [1.82, 2.24) is 0 Å². The van der Waals surface area contributed by atoms with E-state index in [1.807, 2.05) is 24.3 Å². The summed E-state index contributed by atoms with van der Waals surface area (Å²) in [6.45, 7) is 0. The third-order valence-electron chi connectivity index (χ3n) is 2.55. The second-order valence-electron chi connectivity index (χ2n) is 3.78. The van der Waals surface area contributed by atoms with Gasteiger partial charge in [-0.15, -0.1) is 0 Å². The summed E-state index contributed by atoms with van der Waals surface area (Å²) >= 11 is 0. The van der Waals surface area contributed by atoms with Crippen LogP contribution in [0.5, 0.6) is 5.75 Å². The lowest BCUT2D eigenvalue weighted by Crippen LogP contribution is -2.14. The molecule has 0 heterocycles. The van der Waals surface area contributed by atoms with E-state index in [-0.39, 0.29) is 5.75 Å². The van der Waals surface area contributed by atoms with Gasteiger partial charge in [0.25, 0.3) is 0 Å². The monoisotopic (exact) mass is 251 g/mol. The van der Waals surface area contributed by atoms with Gasteiger partial charge in [0.1, 0.15) is 5.75 Å². The Morgan fingerprint density at radius 2 is 1.76 bits per heavy atom. The normalized spacial score (nSPS) is 11.6. The first kappa shape index (κ1) is 11.9. The predicted molar refractivity (Wildman–Crippen MR) is 67.3 cm³/mol. The molecule has 0 aliphatic heterocycles. The minimum atomic E-state index is -3.53. The Labute approximate surface area is 100 Å². The highest BCUT2D eigenvalue weighted by Crippen LogP contribution is 2.28. The Morgan fingerprint density at radius 1 is 1.12 bits per heavy atom. The Hall–Kier alpha value is -1.59. The number of hydrogen-bond donors (Lipinski definition) is 1. The third kappa shape index (κ3) is 2.57. The van der Waals surface area contributed by atoms with Gasteiger partial charge >= 0.3 is 0 Å². The molecule has 2 N–H and O–H groups in total. The summed E-state index contributed by atoms with van der Waals surface area (Å²) < 4.78 is 27.5. The van der Waals surface area contributed by atoms with Crippen molar-refractivity contribution in [1.29, 1.82) is 0 Å². The van der Waals surface area contributed by atoms with Crippen molar-refractivity contribution < 1.29 is 13.2 Å². The molecule has 2 aromatic carbocycles. The molecule has 0 aromatic heterocycles. The molecule has 0 unspecified atom stereocenters. The van der Waals surface area contributed by atoms with Crippen molar-refractivity contribution in [2.75, 3.05) is 7.11 Å². The fourth-order valence-electron chi connectivity index (χ4n) is 1.85. The Morgan fingerprint density at radius 3 is 2.35 bits per heavy atom. The van der Waals surface area contributed by atoms with Crippen LogP contribution in [0, 0.1) is 0 Å². The average molecular weight is 251 g/mol. The van der Waals surface area contributed by atoms with E-state index in [2.05, 4.69) is 0 Å². The number of primary sulfonamides is 1. The van der Waals surface area contributed by atoms with E-state index < -0.39 is 10.0 Å². The number of nitrogens with two attached hydrogens (primary N) is 1. The van der Waals surface area contributed by atoms with Gasteiger partial charge in [-0.3, -0.25) is 0 Å². The van der Waals surface area contributed by atoms with Gasteiger partial charge < -0.3 is 4.74 Å². The van der Waals surface area contributed by atoms with Gasteiger partial charge in [0.05, 0.1) is 12.9 Å². The van der Waals surface area contributed by atoms with Crippen LogP contribution < -0.4 is 9.88 Å². The van der Waals surface area contributed by atoms with Crippen molar-refractivity contribution in [3.8, 4) is 5.75 Å². The van der Waals surface area contributed by atoms with E-state index in [0.29, 0.717) is 5.56 Å². The van der Waals surface area contributed by atoms with Gasteiger partial charge in [-0.05, 0) is 17.0 Å². The van der Waals surface area contributed by atoms with Crippen LogP contribution in [0.1, 0.15) is 5.56 Å². The highest BCUT2D eigenvalue weighted by Gasteiger charge is 2.10. The minimum absolute atomic E-state index is 0.169. The van der Waals surface area contributed by atoms with E-state index in [4.69, 9.17) is 9.88 Å². The van der Waals surface area contributed by atoms with E-state index in [1.165, 1.54) is 0 Å². The molecular weight excluding hydrogens is 238 g/mol. The topological polar surface area (TPSA) is 69.4 Å². The summed E-state index contributed by atoms with van der Waals surface area (Å²) in [5.74, 6) is 0.552. The van der Waals surface area contributed by atoms with E-state index in [1.54, 1.807) is 19.2 Å². The van der Waals surface area contributed by atoms with Gasteiger partial charge in [-0.25, -0.2) is 13.6 Å². The van der Waals surface area contributed by atoms with Crippen LogP contribution in [0.25, 0.3) is 10.8 Å². The van der Waals surface area contributed by atoms with Crippen molar-refractivity contribution in [3.05, 3.63) is 42.0 Å². The maximum atomic E-state index is 11.1. The molecule has 0 fully saturated rings. The van der Waals surface area contributed by atoms with Gasteiger partial charge in [-0.1, -0.05) is 30.3 Å². The van der Waals surface area contributed by atoms with Crippen molar-refractivity contribution >= 4 is 20.8 Å². The number of sulfonamides is 1. The van der Waals surface area contributed by atoms with Gasteiger partial charge in [0.2, 0.25) is 10.0 Å². The molecule has 0 atom stereocenters. The molecule has 0 bridgehead atoms. The quantitative estimate of drug-likeness (QED) is 0.901. The Bertz CT molecular complexity index is 650. The molecule has 17 heavy (non-hydrogen) atoms. The van der Waals surface area contributed by atoms with Crippen LogP contribution in [0.15, 0.2) is 36.4 Å². The lowest BCUT2D eigenvalue weighted by molar-refractivity contribution is 0.419. The van der Waals surface area contributed by atoms with Crippen LogP contribution in [0.3, 0.4) is 0 Å². The average Bonchev–Trinajstić information content (AvgIpc) is 2.28. The summed E-state index contributed by atoms with van der Waals surface area (Å²) in [7, 11) is -1.94. The summed E-state index contributed by atoms with van der Waals surface area (Å²) in [5, 5.41) is 6.80. The summed E-state index contributed by atoms with van der Waals surface area (Å²) in [4.78, 5) is 0. The molecule has 2 aromatic rings. The Balaban J connectivity index is 2.67. The van der Waals surface area contributed by atoms with Gasteiger partial charge in [0, 0.05) is 5.39 Å². The number of fused-ring (bicyclic) bond motifs is 1. The standard InChI is InChI=1S/C12H13NO3S/c1-16-12-7-6-9(8-17(13,14)15)10-4-2-3-5-11(10)12/h2-7H,8H2,1H3,(H2,13,14,15). The second kappa shape index (κ2) is 4.35. The maximum absolute atomic E-state index is 11.1. The van der Waals surface area contributed by atoms with Crippen LogP contribution in [0.4, 0.5) is 0 Å². The molecule has 90 valence electrons. The first-order valence-corrected chi connectivity index (χ1v) is 6.78. The molecule has 0 aliphatic carbocycles. The second-order valence-corrected chi connectivity index (χ2v) is 5.39. The highest BCUT2D eigenvalue weighted by atomic mass is 32.2. The lowest BCUT2D eigenvalue weighted by atomic mass is 10.0. The van der Waals surface area contributed by atoms with Crippen LogP contribution in [-0.2, 0) is 15.8 Å². The molecule has 0 aliphatic rings. The highest BCUT2D eigenvalue weighted by molar-refractivity contribution is 7.88. The molecule has 0 radical (unpaired) electrons. The van der Waals surface area contributed by atoms with E-state index in [9.17, 15) is 8.42 Å². The zero-order valence-corrected chi connectivity index (χ0v) is 10.2. The fourth-order valence-corrected chi connectivity index (χ4v) is 2.54. The lowest BCUT2D eigenvalue weighted by Gasteiger charge is -2.09. The summed E-state index contributed by atoms with van der Waals surface area (Å²) in [6, 6.07) is 11.0. The summed E-state index contributed by atoms with van der Waals surface area (Å²) in [5.41, 5.74) is 0.684. The number of hydrogen-bond acceptors (Lipinski definition) is 3. The number of benzene rings is 2. The van der Waals surface area contributed by atoms with E-state index in [0.717, 1.165) is 16.5 Å². The zero-order chi connectivity index (χ0) is 12.5. The fraction of sp³-hybridized carbons (Fsp3) is 0.167. The van der Waals surface area contributed by atoms with Crippen LogP contribution in [-0.4, -0.2) is 15.5 Å². The van der Waals surface area contributed by atoms with Gasteiger partial charge in [-0.2, -0.15) is 0 Å². The van der Waals surface area contributed by atoms with Gasteiger partial charge in [0.15, 0.2) is 0 Å².